The van der Waals surface area contributed by atoms with Gasteiger partial charge in [-0.25, -0.2) is 0 Å². The molecule has 4 heteroatoms. The SMILES string of the molecule is COC[C@H](C)Oc1ccc(N)cc1Cl. The van der Waals surface area contributed by atoms with Gasteiger partial charge in [-0.05, 0) is 25.1 Å². The third-order valence-electron chi connectivity index (χ3n) is 1.69. The molecular weight excluding hydrogens is 202 g/mol. The van der Waals surface area contributed by atoms with Crippen molar-refractivity contribution in [1.29, 1.82) is 0 Å². The minimum absolute atomic E-state index is 0.0267. The molecule has 0 saturated carbocycles. The second-order valence-corrected chi connectivity index (χ2v) is 3.48. The number of rotatable bonds is 4. The van der Waals surface area contributed by atoms with Gasteiger partial charge in [-0.3, -0.25) is 0 Å². The molecule has 0 aromatic heterocycles. The second-order valence-electron chi connectivity index (χ2n) is 3.07. The molecule has 1 aromatic rings. The Bertz CT molecular complexity index is 304. The Balaban J connectivity index is 2.67. The average Bonchev–Trinajstić information content (AvgIpc) is 2.10. The van der Waals surface area contributed by atoms with Gasteiger partial charge < -0.3 is 15.2 Å². The zero-order valence-electron chi connectivity index (χ0n) is 8.29. The lowest BCUT2D eigenvalue weighted by Crippen LogP contribution is -2.18. The van der Waals surface area contributed by atoms with Crippen LogP contribution >= 0.6 is 11.6 Å². The van der Waals surface area contributed by atoms with Gasteiger partial charge in [-0.2, -0.15) is 0 Å². The number of nitrogens with two attached hydrogens (primary N) is 1. The molecule has 78 valence electrons. The maximum Gasteiger partial charge on any atom is 0.138 e. The van der Waals surface area contributed by atoms with Crippen LogP contribution in [0.15, 0.2) is 18.2 Å². The molecule has 1 atom stereocenters. The van der Waals surface area contributed by atoms with Crippen LogP contribution in [-0.4, -0.2) is 19.8 Å². The molecule has 0 aliphatic carbocycles. The first kappa shape index (κ1) is 11.1. The third-order valence-corrected chi connectivity index (χ3v) is 1.98. The molecular formula is C10H14ClNO2. The number of anilines is 1. The number of methoxy groups -OCH3 is 1. The van der Waals surface area contributed by atoms with Crippen LogP contribution in [-0.2, 0) is 4.74 Å². The van der Waals surface area contributed by atoms with E-state index in [1.54, 1.807) is 25.3 Å². The molecule has 0 amide bonds. The molecule has 0 unspecified atom stereocenters. The van der Waals surface area contributed by atoms with Gasteiger partial charge in [0.15, 0.2) is 0 Å². The number of hydrogen-bond acceptors (Lipinski definition) is 3. The lowest BCUT2D eigenvalue weighted by atomic mass is 10.3. The van der Waals surface area contributed by atoms with E-state index < -0.39 is 0 Å². The minimum atomic E-state index is -0.0267. The van der Waals surface area contributed by atoms with E-state index in [2.05, 4.69) is 0 Å². The fraction of sp³-hybridized carbons (Fsp3) is 0.400. The first-order valence-corrected chi connectivity index (χ1v) is 4.72. The summed E-state index contributed by atoms with van der Waals surface area (Å²) in [5.41, 5.74) is 6.18. The Hall–Kier alpha value is -0.930. The van der Waals surface area contributed by atoms with Crippen molar-refractivity contribution in [2.45, 2.75) is 13.0 Å². The van der Waals surface area contributed by atoms with Crippen molar-refractivity contribution in [3.8, 4) is 5.75 Å². The molecule has 0 heterocycles. The van der Waals surface area contributed by atoms with E-state index in [0.717, 1.165) is 0 Å². The standard InChI is InChI=1S/C10H14ClNO2/c1-7(6-13-2)14-10-4-3-8(12)5-9(10)11/h3-5,7H,6,12H2,1-2H3/t7-/m0/s1. The quantitative estimate of drug-likeness (QED) is 0.785. The van der Waals surface area contributed by atoms with Crippen LogP contribution in [0.3, 0.4) is 0 Å². The Morgan fingerprint density at radius 2 is 2.21 bits per heavy atom. The minimum Gasteiger partial charge on any atom is -0.487 e. The molecule has 0 saturated heterocycles. The van der Waals surface area contributed by atoms with E-state index >= 15 is 0 Å². The highest BCUT2D eigenvalue weighted by Gasteiger charge is 2.06. The summed E-state index contributed by atoms with van der Waals surface area (Å²) in [5.74, 6) is 0.630. The molecule has 1 rings (SSSR count). The van der Waals surface area contributed by atoms with Gasteiger partial charge in [0.2, 0.25) is 0 Å². The smallest absolute Gasteiger partial charge is 0.138 e. The first-order valence-electron chi connectivity index (χ1n) is 4.34. The summed E-state index contributed by atoms with van der Waals surface area (Å²) < 4.78 is 10.5. The van der Waals surface area contributed by atoms with E-state index in [1.165, 1.54) is 0 Å². The molecule has 0 radical (unpaired) electrons. The largest absolute Gasteiger partial charge is 0.487 e. The van der Waals surface area contributed by atoms with E-state index in [0.29, 0.717) is 23.1 Å². The zero-order valence-corrected chi connectivity index (χ0v) is 9.04. The number of benzene rings is 1. The van der Waals surface area contributed by atoms with Crippen LogP contribution in [0.5, 0.6) is 5.75 Å². The van der Waals surface area contributed by atoms with Gasteiger partial charge in [-0.15, -0.1) is 0 Å². The molecule has 0 fully saturated rings. The highest BCUT2D eigenvalue weighted by molar-refractivity contribution is 6.32. The maximum absolute atomic E-state index is 5.93. The second kappa shape index (κ2) is 5.08. The number of nitrogen functional groups attached to an aromatic ring is 1. The summed E-state index contributed by atoms with van der Waals surface area (Å²) in [6, 6.07) is 5.17. The van der Waals surface area contributed by atoms with Crippen LogP contribution < -0.4 is 10.5 Å². The molecule has 0 aliphatic heterocycles. The topological polar surface area (TPSA) is 44.5 Å². The lowest BCUT2D eigenvalue weighted by molar-refractivity contribution is 0.0921. The molecule has 0 spiro atoms. The number of ether oxygens (including phenoxy) is 2. The molecule has 1 aromatic carbocycles. The molecule has 0 bridgehead atoms. The molecule has 0 aliphatic rings. The van der Waals surface area contributed by atoms with E-state index in [4.69, 9.17) is 26.8 Å². The zero-order chi connectivity index (χ0) is 10.6. The van der Waals surface area contributed by atoms with Crippen molar-refractivity contribution < 1.29 is 9.47 Å². The van der Waals surface area contributed by atoms with E-state index in [9.17, 15) is 0 Å². The van der Waals surface area contributed by atoms with Gasteiger partial charge in [0.05, 0.1) is 11.6 Å². The van der Waals surface area contributed by atoms with Gasteiger partial charge >= 0.3 is 0 Å². The van der Waals surface area contributed by atoms with Gasteiger partial charge in [0, 0.05) is 12.8 Å². The fourth-order valence-corrected chi connectivity index (χ4v) is 1.33. The van der Waals surface area contributed by atoms with Crippen LogP contribution in [0, 0.1) is 0 Å². The fourth-order valence-electron chi connectivity index (χ4n) is 1.10. The summed E-state index contributed by atoms with van der Waals surface area (Å²) in [6.07, 6.45) is -0.0267. The molecule has 3 nitrogen and oxygen atoms in total. The lowest BCUT2D eigenvalue weighted by Gasteiger charge is -2.14. The summed E-state index contributed by atoms with van der Waals surface area (Å²) in [5, 5.41) is 0.521. The average molecular weight is 216 g/mol. The summed E-state index contributed by atoms with van der Waals surface area (Å²) in [4.78, 5) is 0. The monoisotopic (exact) mass is 215 g/mol. The number of halogens is 1. The summed E-state index contributed by atoms with van der Waals surface area (Å²) in [7, 11) is 1.63. The van der Waals surface area contributed by atoms with Crippen molar-refractivity contribution in [3.63, 3.8) is 0 Å². The highest BCUT2D eigenvalue weighted by atomic mass is 35.5. The Kier molecular flexibility index (Phi) is 4.04. The van der Waals surface area contributed by atoms with E-state index in [1.807, 2.05) is 6.92 Å². The van der Waals surface area contributed by atoms with Crippen LogP contribution in [0.4, 0.5) is 5.69 Å². The van der Waals surface area contributed by atoms with Crippen molar-refractivity contribution in [2.75, 3.05) is 19.5 Å². The van der Waals surface area contributed by atoms with Crippen LogP contribution in [0.1, 0.15) is 6.92 Å². The third kappa shape index (κ3) is 3.09. The maximum atomic E-state index is 5.93. The summed E-state index contributed by atoms with van der Waals surface area (Å²) >= 11 is 5.93. The first-order chi connectivity index (χ1) is 6.63. The van der Waals surface area contributed by atoms with Crippen molar-refractivity contribution in [2.24, 2.45) is 0 Å². The van der Waals surface area contributed by atoms with E-state index in [-0.39, 0.29) is 6.10 Å². The van der Waals surface area contributed by atoms with Crippen LogP contribution in [0.2, 0.25) is 5.02 Å². The number of hydrogen-bond donors (Lipinski definition) is 1. The Labute approximate surface area is 88.8 Å². The summed E-state index contributed by atoms with van der Waals surface area (Å²) in [6.45, 7) is 2.44. The van der Waals surface area contributed by atoms with Gasteiger partial charge in [0.25, 0.3) is 0 Å². The van der Waals surface area contributed by atoms with Crippen LogP contribution in [0.25, 0.3) is 0 Å². The predicted octanol–water partition coefficient (Wildman–Crippen LogP) is 2.34. The Morgan fingerprint density at radius 1 is 1.50 bits per heavy atom. The molecule has 2 N–H and O–H groups in total. The van der Waals surface area contributed by atoms with Crippen molar-refractivity contribution in [1.82, 2.24) is 0 Å². The highest BCUT2D eigenvalue weighted by Crippen LogP contribution is 2.27. The predicted molar refractivity (Wildman–Crippen MR) is 57.8 cm³/mol. The van der Waals surface area contributed by atoms with Crippen molar-refractivity contribution in [3.05, 3.63) is 23.2 Å². The molecule has 14 heavy (non-hydrogen) atoms. The normalized spacial score (nSPS) is 12.5. The Morgan fingerprint density at radius 3 is 2.79 bits per heavy atom. The van der Waals surface area contributed by atoms with Crippen molar-refractivity contribution >= 4 is 17.3 Å². The van der Waals surface area contributed by atoms with Gasteiger partial charge in [-0.1, -0.05) is 11.6 Å². The van der Waals surface area contributed by atoms with Gasteiger partial charge in [0.1, 0.15) is 11.9 Å².